The van der Waals surface area contributed by atoms with E-state index in [2.05, 4.69) is 20.6 Å². The van der Waals surface area contributed by atoms with Crippen molar-refractivity contribution in [1.82, 2.24) is 15.4 Å². The lowest BCUT2D eigenvalue weighted by atomic mass is 10.2. The molecule has 0 atom stereocenters. The van der Waals surface area contributed by atoms with Gasteiger partial charge < -0.3 is 5.21 Å². The van der Waals surface area contributed by atoms with E-state index in [0.29, 0.717) is 5.71 Å². The monoisotopic (exact) mass is 288 g/mol. The molecule has 20 heavy (non-hydrogen) atoms. The normalized spacial score (nSPS) is 11.2. The number of thiophene rings is 1. The van der Waals surface area contributed by atoms with Crippen LogP contribution in [0.2, 0.25) is 0 Å². The lowest BCUT2D eigenvalue weighted by molar-refractivity contribution is 0.319. The lowest BCUT2D eigenvalue weighted by Gasteiger charge is -1.87. The van der Waals surface area contributed by atoms with E-state index >= 15 is 0 Å². The van der Waals surface area contributed by atoms with Crippen molar-refractivity contribution < 1.29 is 5.21 Å². The van der Waals surface area contributed by atoms with E-state index in [1.807, 2.05) is 44.2 Å². The summed E-state index contributed by atoms with van der Waals surface area (Å²) in [6.07, 6.45) is 0. The number of rotatable bonds is 1. The molecule has 0 bridgehead atoms. The van der Waals surface area contributed by atoms with E-state index in [0.717, 1.165) is 15.9 Å². The van der Waals surface area contributed by atoms with Crippen molar-refractivity contribution in [3.8, 4) is 0 Å². The summed E-state index contributed by atoms with van der Waals surface area (Å²) >= 11 is 1.63. The lowest BCUT2D eigenvalue weighted by Crippen LogP contribution is -1.87. The standard InChI is InChI=1S/C7H7N3.C7H9NOS/c1-5-2-3-6-7(4-5)9-10-8-6;1-5-3-4-7(10-5)6(2)8-9/h2-4H,1H3,(H,8,9,10);3-4,9H,1-2H3/b;8-6-. The fourth-order valence-electron chi connectivity index (χ4n) is 1.63. The number of fused-ring (bicyclic) bond motifs is 1. The molecule has 0 spiro atoms. The minimum absolute atomic E-state index is 0.679. The number of H-pyrrole nitrogens is 1. The number of aromatic amines is 1. The van der Waals surface area contributed by atoms with Gasteiger partial charge in [-0.2, -0.15) is 15.4 Å². The number of nitrogens with zero attached hydrogens (tertiary/aromatic N) is 3. The van der Waals surface area contributed by atoms with E-state index in [9.17, 15) is 0 Å². The van der Waals surface area contributed by atoms with Crippen LogP contribution in [-0.2, 0) is 0 Å². The maximum absolute atomic E-state index is 8.39. The fraction of sp³-hybridized carbons (Fsp3) is 0.214. The fourth-order valence-corrected chi connectivity index (χ4v) is 2.44. The van der Waals surface area contributed by atoms with Crippen molar-refractivity contribution in [1.29, 1.82) is 0 Å². The van der Waals surface area contributed by atoms with Crippen LogP contribution in [0.15, 0.2) is 35.5 Å². The summed E-state index contributed by atoms with van der Waals surface area (Å²) in [6.45, 7) is 5.85. The molecule has 0 fully saturated rings. The van der Waals surface area contributed by atoms with Gasteiger partial charge in [0.1, 0.15) is 11.0 Å². The molecule has 0 aliphatic heterocycles. The van der Waals surface area contributed by atoms with Crippen molar-refractivity contribution in [2.24, 2.45) is 5.16 Å². The summed E-state index contributed by atoms with van der Waals surface area (Å²) in [5.41, 5.74) is 3.74. The third-order valence-electron chi connectivity index (χ3n) is 2.72. The molecule has 3 aromatic rings. The predicted molar refractivity (Wildman–Crippen MR) is 81.7 cm³/mol. The highest BCUT2D eigenvalue weighted by Crippen LogP contribution is 2.15. The molecular weight excluding hydrogens is 272 g/mol. The number of benzene rings is 1. The van der Waals surface area contributed by atoms with Gasteiger partial charge in [-0.3, -0.25) is 0 Å². The van der Waals surface area contributed by atoms with Crippen molar-refractivity contribution >= 4 is 28.1 Å². The van der Waals surface area contributed by atoms with Gasteiger partial charge in [-0.1, -0.05) is 11.2 Å². The SMILES string of the molecule is C/C(=N/O)c1ccc(C)s1.Cc1ccc2n[nH]nc2c1. The maximum atomic E-state index is 8.39. The topological polar surface area (TPSA) is 74.2 Å². The average Bonchev–Trinajstić information content (AvgIpc) is 3.06. The summed E-state index contributed by atoms with van der Waals surface area (Å²) < 4.78 is 0. The molecule has 5 nitrogen and oxygen atoms in total. The van der Waals surface area contributed by atoms with Gasteiger partial charge in [-0.25, -0.2) is 0 Å². The van der Waals surface area contributed by atoms with Crippen LogP contribution in [0.4, 0.5) is 0 Å². The van der Waals surface area contributed by atoms with Gasteiger partial charge in [-0.05, 0) is 50.6 Å². The highest BCUT2D eigenvalue weighted by Gasteiger charge is 1.98. The molecule has 0 aliphatic carbocycles. The molecule has 104 valence electrons. The minimum Gasteiger partial charge on any atom is -0.411 e. The van der Waals surface area contributed by atoms with Gasteiger partial charge in [0.25, 0.3) is 0 Å². The first-order chi connectivity index (χ1) is 9.60. The second-order valence-corrected chi connectivity index (χ2v) is 5.70. The molecule has 2 N–H and O–H groups in total. The van der Waals surface area contributed by atoms with E-state index in [1.54, 1.807) is 18.3 Å². The Kier molecular flexibility index (Phi) is 4.47. The highest BCUT2D eigenvalue weighted by atomic mass is 32.1. The van der Waals surface area contributed by atoms with Gasteiger partial charge in [0.2, 0.25) is 0 Å². The van der Waals surface area contributed by atoms with E-state index in [-0.39, 0.29) is 0 Å². The Bertz CT molecular complexity index is 729. The first-order valence-corrected chi connectivity index (χ1v) is 6.94. The predicted octanol–water partition coefficient (Wildman–Crippen LogP) is 3.52. The number of hydrogen-bond acceptors (Lipinski definition) is 5. The van der Waals surface area contributed by atoms with Crippen LogP contribution in [0.3, 0.4) is 0 Å². The molecular formula is C14H16N4OS. The first kappa shape index (κ1) is 14.2. The van der Waals surface area contributed by atoms with Crippen molar-refractivity contribution in [3.63, 3.8) is 0 Å². The van der Waals surface area contributed by atoms with Crippen LogP contribution in [0.1, 0.15) is 22.2 Å². The number of aromatic nitrogens is 3. The summed E-state index contributed by atoms with van der Waals surface area (Å²) in [7, 11) is 0. The molecule has 2 heterocycles. The quantitative estimate of drug-likeness (QED) is 0.409. The Morgan fingerprint density at radius 1 is 1.15 bits per heavy atom. The van der Waals surface area contributed by atoms with Gasteiger partial charge >= 0.3 is 0 Å². The van der Waals surface area contributed by atoms with E-state index < -0.39 is 0 Å². The number of oxime groups is 1. The third kappa shape index (κ3) is 3.42. The van der Waals surface area contributed by atoms with Crippen LogP contribution in [-0.4, -0.2) is 26.3 Å². The van der Waals surface area contributed by atoms with Crippen LogP contribution < -0.4 is 0 Å². The summed E-state index contributed by atoms with van der Waals surface area (Å²) in [4.78, 5) is 2.26. The zero-order chi connectivity index (χ0) is 14.5. The Hall–Kier alpha value is -2.21. The van der Waals surface area contributed by atoms with Gasteiger partial charge in [-0.15, -0.1) is 11.3 Å². The molecule has 0 saturated heterocycles. The largest absolute Gasteiger partial charge is 0.411 e. The number of aryl methyl sites for hydroxylation is 2. The molecule has 0 amide bonds. The second kappa shape index (κ2) is 6.29. The Morgan fingerprint density at radius 2 is 1.90 bits per heavy atom. The van der Waals surface area contributed by atoms with E-state index in [1.165, 1.54) is 10.4 Å². The van der Waals surface area contributed by atoms with Gasteiger partial charge in [0, 0.05) is 4.88 Å². The molecule has 0 radical (unpaired) electrons. The van der Waals surface area contributed by atoms with Crippen LogP contribution in [0.5, 0.6) is 0 Å². The maximum Gasteiger partial charge on any atom is 0.113 e. The number of nitrogens with one attached hydrogen (secondary N) is 1. The second-order valence-electron chi connectivity index (χ2n) is 4.41. The van der Waals surface area contributed by atoms with Crippen LogP contribution >= 0.6 is 11.3 Å². The first-order valence-electron chi connectivity index (χ1n) is 6.12. The van der Waals surface area contributed by atoms with Crippen molar-refractivity contribution in [2.75, 3.05) is 0 Å². The smallest absolute Gasteiger partial charge is 0.113 e. The Balaban J connectivity index is 0.000000147. The molecule has 3 rings (SSSR count). The molecule has 1 aromatic carbocycles. The summed E-state index contributed by atoms with van der Waals surface area (Å²) in [6, 6.07) is 9.93. The van der Waals surface area contributed by atoms with Crippen molar-refractivity contribution in [2.45, 2.75) is 20.8 Å². The van der Waals surface area contributed by atoms with Crippen LogP contribution in [0.25, 0.3) is 11.0 Å². The highest BCUT2D eigenvalue weighted by molar-refractivity contribution is 7.14. The molecule has 6 heteroatoms. The zero-order valence-corrected chi connectivity index (χ0v) is 12.4. The number of hydrogen-bond donors (Lipinski definition) is 2. The van der Waals surface area contributed by atoms with Crippen molar-refractivity contribution in [3.05, 3.63) is 45.6 Å². The van der Waals surface area contributed by atoms with E-state index in [4.69, 9.17) is 5.21 Å². The zero-order valence-electron chi connectivity index (χ0n) is 11.6. The molecule has 0 saturated carbocycles. The third-order valence-corrected chi connectivity index (χ3v) is 3.83. The molecule has 0 unspecified atom stereocenters. The Morgan fingerprint density at radius 3 is 2.55 bits per heavy atom. The van der Waals surface area contributed by atoms with Crippen LogP contribution in [0, 0.1) is 13.8 Å². The Labute approximate surface area is 121 Å². The minimum atomic E-state index is 0.679. The molecule has 0 aliphatic rings. The van der Waals surface area contributed by atoms with Gasteiger partial charge in [0.05, 0.1) is 10.6 Å². The average molecular weight is 288 g/mol. The summed E-state index contributed by atoms with van der Waals surface area (Å²) in [5, 5.41) is 21.9. The molecule has 2 aromatic heterocycles. The van der Waals surface area contributed by atoms with Gasteiger partial charge in [0.15, 0.2) is 0 Å². The summed E-state index contributed by atoms with van der Waals surface area (Å²) in [5.74, 6) is 0.